The van der Waals surface area contributed by atoms with E-state index in [1.807, 2.05) is 0 Å². The molecular weight excluding hydrogens is 318 g/mol. The van der Waals surface area contributed by atoms with Crippen LogP contribution in [0.3, 0.4) is 0 Å². The minimum absolute atomic E-state index is 0.152. The molecule has 1 aliphatic rings. The zero-order valence-corrected chi connectivity index (χ0v) is 13.8. The molecule has 24 heavy (non-hydrogen) atoms. The van der Waals surface area contributed by atoms with Crippen molar-refractivity contribution in [2.45, 2.75) is 6.61 Å². The molecule has 0 amide bonds. The van der Waals surface area contributed by atoms with Crippen LogP contribution in [0, 0.1) is 0 Å². The first-order valence-corrected chi connectivity index (χ1v) is 8.07. The van der Waals surface area contributed by atoms with Crippen molar-refractivity contribution in [1.82, 2.24) is 4.98 Å². The first kappa shape index (κ1) is 18.9. The number of nitrogens with zero attached hydrogens (tertiary/aromatic N) is 1. The van der Waals surface area contributed by atoms with Crippen molar-refractivity contribution in [3.8, 4) is 11.8 Å². The van der Waals surface area contributed by atoms with Gasteiger partial charge < -0.3 is 33.5 Å². The molecule has 0 atom stereocenters. The van der Waals surface area contributed by atoms with Crippen molar-refractivity contribution in [3.63, 3.8) is 0 Å². The Morgan fingerprint density at radius 2 is 1.21 bits per heavy atom. The van der Waals surface area contributed by atoms with E-state index in [9.17, 15) is 5.11 Å². The Kier molecular flexibility index (Phi) is 9.43. The van der Waals surface area contributed by atoms with E-state index in [4.69, 9.17) is 28.4 Å². The molecule has 1 aromatic heterocycles. The van der Waals surface area contributed by atoms with Crippen LogP contribution in [0.2, 0.25) is 0 Å². The minimum Gasteiger partial charge on any atom is -0.475 e. The van der Waals surface area contributed by atoms with Gasteiger partial charge >= 0.3 is 0 Å². The third kappa shape index (κ3) is 7.41. The van der Waals surface area contributed by atoms with E-state index < -0.39 is 0 Å². The summed E-state index contributed by atoms with van der Waals surface area (Å²) >= 11 is 0. The van der Waals surface area contributed by atoms with Crippen LogP contribution in [0.1, 0.15) is 5.56 Å². The van der Waals surface area contributed by atoms with Crippen molar-refractivity contribution in [2.75, 3.05) is 66.1 Å². The van der Waals surface area contributed by atoms with E-state index in [2.05, 4.69) is 4.98 Å². The average molecular weight is 343 g/mol. The smallest absolute Gasteiger partial charge is 0.222 e. The number of aliphatic hydroxyl groups excluding tert-OH is 1. The second-order valence-corrected chi connectivity index (χ2v) is 4.92. The van der Waals surface area contributed by atoms with Crippen LogP contribution in [0.5, 0.6) is 11.8 Å². The van der Waals surface area contributed by atoms with Crippen molar-refractivity contribution in [2.24, 2.45) is 0 Å². The maximum absolute atomic E-state index is 9.35. The zero-order valence-electron chi connectivity index (χ0n) is 13.8. The lowest BCUT2D eigenvalue weighted by molar-refractivity contribution is -0.00667. The summed E-state index contributed by atoms with van der Waals surface area (Å²) in [5.41, 5.74) is 0.602. The molecule has 8 heteroatoms. The zero-order chi connectivity index (χ0) is 16.9. The molecule has 0 aliphatic carbocycles. The van der Waals surface area contributed by atoms with Crippen LogP contribution in [0.15, 0.2) is 12.1 Å². The molecule has 2 rings (SSSR count). The first-order valence-electron chi connectivity index (χ1n) is 8.07. The quantitative estimate of drug-likeness (QED) is 0.784. The topological polar surface area (TPSA) is 88.5 Å². The summed E-state index contributed by atoms with van der Waals surface area (Å²) in [6.45, 7) is 4.45. The van der Waals surface area contributed by atoms with Gasteiger partial charge in [0.15, 0.2) is 0 Å². The molecule has 136 valence electrons. The molecule has 0 spiro atoms. The van der Waals surface area contributed by atoms with Gasteiger partial charge in [-0.2, -0.15) is 4.98 Å². The Hall–Kier alpha value is -1.45. The molecule has 2 heterocycles. The van der Waals surface area contributed by atoms with Crippen LogP contribution < -0.4 is 9.47 Å². The number of fused-ring (bicyclic) bond motifs is 2. The van der Waals surface area contributed by atoms with Crippen molar-refractivity contribution >= 4 is 0 Å². The van der Waals surface area contributed by atoms with E-state index in [1.165, 1.54) is 0 Å². The summed E-state index contributed by atoms with van der Waals surface area (Å²) in [5, 5.41) is 9.35. The molecule has 1 aromatic rings. The van der Waals surface area contributed by atoms with Gasteiger partial charge in [0, 0.05) is 11.6 Å². The molecule has 0 radical (unpaired) electrons. The van der Waals surface area contributed by atoms with Gasteiger partial charge in [-0.15, -0.1) is 0 Å². The molecule has 1 aliphatic heterocycles. The minimum atomic E-state index is -0.152. The number of hydrogen-bond acceptors (Lipinski definition) is 8. The summed E-state index contributed by atoms with van der Waals surface area (Å²) in [4.78, 5) is 4.26. The van der Waals surface area contributed by atoms with Crippen LogP contribution in [0.25, 0.3) is 0 Å². The summed E-state index contributed by atoms with van der Waals surface area (Å²) in [7, 11) is 0. The Bertz CT molecular complexity index is 458. The maximum atomic E-state index is 9.35. The highest BCUT2D eigenvalue weighted by molar-refractivity contribution is 5.30. The van der Waals surface area contributed by atoms with Crippen molar-refractivity contribution in [3.05, 3.63) is 17.7 Å². The van der Waals surface area contributed by atoms with Gasteiger partial charge in [0.1, 0.15) is 13.2 Å². The maximum Gasteiger partial charge on any atom is 0.222 e. The lowest BCUT2D eigenvalue weighted by Gasteiger charge is -2.12. The van der Waals surface area contributed by atoms with E-state index >= 15 is 0 Å². The van der Waals surface area contributed by atoms with Crippen LogP contribution in [-0.4, -0.2) is 76.2 Å². The van der Waals surface area contributed by atoms with Gasteiger partial charge in [0.2, 0.25) is 11.8 Å². The predicted molar refractivity (Wildman–Crippen MR) is 84.4 cm³/mol. The summed E-state index contributed by atoms with van der Waals surface area (Å²) in [6.07, 6.45) is 0. The lowest BCUT2D eigenvalue weighted by atomic mass is 10.3. The van der Waals surface area contributed by atoms with E-state index in [1.54, 1.807) is 12.1 Å². The Balaban J connectivity index is 1.86. The molecule has 8 nitrogen and oxygen atoms in total. The summed E-state index contributed by atoms with van der Waals surface area (Å²) in [5.74, 6) is 0.774. The Morgan fingerprint density at radius 3 is 1.75 bits per heavy atom. The fourth-order valence-corrected chi connectivity index (χ4v) is 1.94. The lowest BCUT2D eigenvalue weighted by Crippen LogP contribution is -2.14. The number of aromatic nitrogens is 1. The molecule has 0 aromatic carbocycles. The van der Waals surface area contributed by atoms with Crippen LogP contribution in [0.4, 0.5) is 0 Å². The molecule has 0 fully saturated rings. The predicted octanol–water partition coefficient (Wildman–Crippen LogP) is 0.412. The number of pyridine rings is 1. The number of rotatable bonds is 1. The molecular formula is C16H25NO7. The van der Waals surface area contributed by atoms with Crippen LogP contribution in [-0.2, 0) is 25.6 Å². The van der Waals surface area contributed by atoms with Crippen molar-refractivity contribution < 1.29 is 33.5 Å². The Labute approximate surface area is 141 Å². The third-order valence-corrected chi connectivity index (χ3v) is 3.14. The number of ether oxygens (including phenoxy) is 6. The third-order valence-electron chi connectivity index (χ3n) is 3.14. The second-order valence-electron chi connectivity index (χ2n) is 4.92. The summed E-state index contributed by atoms with van der Waals surface area (Å²) in [6, 6.07) is 3.42. The number of hydrogen-bond donors (Lipinski definition) is 1. The van der Waals surface area contributed by atoms with Gasteiger partial charge in [0.25, 0.3) is 0 Å². The van der Waals surface area contributed by atoms with Crippen molar-refractivity contribution in [1.29, 1.82) is 0 Å². The average Bonchev–Trinajstić information content (AvgIpc) is 2.61. The molecule has 2 bridgehead atoms. The highest BCUT2D eigenvalue weighted by Crippen LogP contribution is 2.20. The SMILES string of the molecule is OCc1ccc2nc1OCCOCCOCCOCCOCCO2. The van der Waals surface area contributed by atoms with E-state index in [-0.39, 0.29) is 6.61 Å². The van der Waals surface area contributed by atoms with Gasteiger partial charge in [-0.1, -0.05) is 0 Å². The van der Waals surface area contributed by atoms with Gasteiger partial charge in [0.05, 0.1) is 59.5 Å². The monoisotopic (exact) mass is 343 g/mol. The van der Waals surface area contributed by atoms with E-state index in [0.717, 1.165) is 0 Å². The largest absolute Gasteiger partial charge is 0.475 e. The Morgan fingerprint density at radius 1 is 0.708 bits per heavy atom. The standard InChI is InChI=1S/C16H25NO7/c18-13-14-1-2-15-17-16(14)24-12-10-22-8-6-20-4-3-19-5-7-21-9-11-23-15/h1-2,18H,3-13H2. The first-order chi connectivity index (χ1) is 11.9. The normalized spacial score (nSPS) is 19.2. The van der Waals surface area contributed by atoms with Gasteiger partial charge in [-0.3, -0.25) is 0 Å². The summed E-state index contributed by atoms with van der Waals surface area (Å²) < 4.78 is 32.7. The van der Waals surface area contributed by atoms with Gasteiger partial charge in [-0.25, -0.2) is 0 Å². The number of aliphatic hydroxyl groups is 1. The molecule has 1 N–H and O–H groups in total. The van der Waals surface area contributed by atoms with Crippen LogP contribution >= 0.6 is 0 Å². The fourth-order valence-electron chi connectivity index (χ4n) is 1.94. The highest BCUT2D eigenvalue weighted by Gasteiger charge is 2.08. The fraction of sp³-hybridized carbons (Fsp3) is 0.688. The van der Waals surface area contributed by atoms with E-state index in [0.29, 0.717) is 83.4 Å². The van der Waals surface area contributed by atoms with Gasteiger partial charge in [-0.05, 0) is 6.07 Å². The molecule has 0 saturated heterocycles. The molecule has 0 unspecified atom stereocenters. The second kappa shape index (κ2) is 12.0. The molecule has 0 saturated carbocycles. The highest BCUT2D eigenvalue weighted by atomic mass is 16.6.